The van der Waals surface area contributed by atoms with Crippen molar-refractivity contribution in [3.05, 3.63) is 0 Å². The van der Waals surface area contributed by atoms with Gasteiger partial charge in [0.15, 0.2) is 0 Å². The molecule has 0 aliphatic carbocycles. The van der Waals surface area contributed by atoms with Gasteiger partial charge in [0.25, 0.3) is 5.24 Å². The Labute approximate surface area is 117 Å². The van der Waals surface area contributed by atoms with Crippen molar-refractivity contribution in [1.82, 2.24) is 10.2 Å². The number of hydrogen-bond acceptors (Lipinski definition) is 4. The van der Waals surface area contributed by atoms with Crippen LogP contribution in [0.3, 0.4) is 0 Å². The minimum atomic E-state index is -0.528. The normalized spacial score (nSPS) is 19.3. The summed E-state index contributed by atoms with van der Waals surface area (Å²) in [5.41, 5.74) is 5.24. The molecule has 1 atom stereocenters. The maximum Gasteiger partial charge on any atom is 0.280 e. The second-order valence-corrected chi connectivity index (χ2v) is 7.30. The lowest BCUT2D eigenvalue weighted by atomic mass is 10.2. The molecule has 0 aromatic rings. The summed E-state index contributed by atoms with van der Waals surface area (Å²) in [6.45, 7) is 6.19. The zero-order chi connectivity index (χ0) is 14.6. The predicted octanol–water partition coefficient (Wildman–Crippen LogP) is 0.704. The van der Waals surface area contributed by atoms with Crippen LogP contribution < -0.4 is 11.1 Å². The Kier molecular flexibility index (Phi) is 5.22. The Morgan fingerprint density at radius 2 is 2.00 bits per heavy atom. The van der Waals surface area contributed by atoms with Gasteiger partial charge in [0.05, 0.1) is 6.54 Å². The molecule has 1 aliphatic rings. The molecule has 0 saturated carbocycles. The third kappa shape index (κ3) is 5.10. The highest BCUT2D eigenvalue weighted by Crippen LogP contribution is 2.23. The monoisotopic (exact) mass is 287 g/mol. The van der Waals surface area contributed by atoms with Crippen molar-refractivity contribution in [3.63, 3.8) is 0 Å². The summed E-state index contributed by atoms with van der Waals surface area (Å²) >= 11 is 1.14. The Hall–Kier alpha value is -1.24. The van der Waals surface area contributed by atoms with E-state index in [-0.39, 0.29) is 22.4 Å². The molecule has 7 heteroatoms. The van der Waals surface area contributed by atoms with Crippen molar-refractivity contribution in [2.24, 2.45) is 5.73 Å². The van der Waals surface area contributed by atoms with Crippen LogP contribution in [0, 0.1) is 0 Å². The fourth-order valence-electron chi connectivity index (χ4n) is 1.92. The molecular formula is C12H21N3O3S. The van der Waals surface area contributed by atoms with Crippen LogP contribution in [0.2, 0.25) is 0 Å². The van der Waals surface area contributed by atoms with Crippen molar-refractivity contribution in [2.45, 2.75) is 44.4 Å². The Morgan fingerprint density at radius 1 is 1.37 bits per heavy atom. The van der Waals surface area contributed by atoms with E-state index in [4.69, 9.17) is 5.73 Å². The molecule has 0 aromatic heterocycles. The molecule has 0 bridgehead atoms. The molecule has 3 N–H and O–H groups in total. The van der Waals surface area contributed by atoms with Crippen molar-refractivity contribution in [2.75, 3.05) is 13.1 Å². The molecule has 6 nitrogen and oxygen atoms in total. The second-order valence-electron chi connectivity index (χ2n) is 5.50. The van der Waals surface area contributed by atoms with Crippen LogP contribution in [0.5, 0.6) is 0 Å². The molecule has 1 unspecified atom stereocenters. The average Bonchev–Trinajstić information content (AvgIpc) is 2.72. The molecular weight excluding hydrogens is 266 g/mol. The molecule has 19 heavy (non-hydrogen) atoms. The third-order valence-electron chi connectivity index (χ3n) is 2.68. The lowest BCUT2D eigenvalue weighted by Gasteiger charge is -2.22. The summed E-state index contributed by atoms with van der Waals surface area (Å²) in [5, 5.41) is 2.32. The first-order chi connectivity index (χ1) is 8.70. The van der Waals surface area contributed by atoms with Crippen molar-refractivity contribution in [3.8, 4) is 0 Å². The summed E-state index contributed by atoms with van der Waals surface area (Å²) in [6.07, 6.45) is 1.37. The molecule has 0 spiro atoms. The molecule has 3 amide bonds. The van der Waals surface area contributed by atoms with Crippen LogP contribution in [0.15, 0.2) is 0 Å². The smallest absolute Gasteiger partial charge is 0.280 e. The van der Waals surface area contributed by atoms with E-state index in [1.807, 2.05) is 20.8 Å². The summed E-state index contributed by atoms with van der Waals surface area (Å²) in [7, 11) is 0. The van der Waals surface area contributed by atoms with E-state index in [2.05, 4.69) is 5.32 Å². The molecule has 1 heterocycles. The van der Waals surface area contributed by atoms with E-state index in [1.165, 1.54) is 4.90 Å². The van der Waals surface area contributed by atoms with Crippen LogP contribution in [0.4, 0.5) is 4.79 Å². The number of carbonyl (C=O) groups excluding carboxylic acids is 3. The molecule has 1 saturated heterocycles. The fraction of sp³-hybridized carbons (Fsp3) is 0.750. The number of thioether (sulfide) groups is 1. The molecule has 0 aromatic carbocycles. The van der Waals surface area contributed by atoms with E-state index in [0.717, 1.165) is 18.2 Å². The van der Waals surface area contributed by atoms with Gasteiger partial charge >= 0.3 is 0 Å². The largest absolute Gasteiger partial charge is 0.368 e. The molecule has 108 valence electrons. The van der Waals surface area contributed by atoms with Crippen LogP contribution >= 0.6 is 11.8 Å². The number of rotatable bonds is 3. The molecule has 0 radical (unpaired) electrons. The van der Waals surface area contributed by atoms with E-state index in [0.29, 0.717) is 13.0 Å². The molecule has 1 aliphatic heterocycles. The highest BCUT2D eigenvalue weighted by molar-refractivity contribution is 8.14. The number of nitrogens with two attached hydrogens (primary N) is 1. The number of nitrogens with one attached hydrogen (secondary N) is 1. The Morgan fingerprint density at radius 3 is 2.53 bits per heavy atom. The fourth-order valence-corrected chi connectivity index (χ4v) is 2.63. The van der Waals surface area contributed by atoms with Gasteiger partial charge in [0, 0.05) is 11.3 Å². The van der Waals surface area contributed by atoms with Gasteiger partial charge < -0.3 is 16.0 Å². The second kappa shape index (κ2) is 6.27. The van der Waals surface area contributed by atoms with E-state index in [9.17, 15) is 14.4 Å². The van der Waals surface area contributed by atoms with Gasteiger partial charge in [-0.15, -0.1) is 0 Å². The number of primary amides is 1. The van der Waals surface area contributed by atoms with Gasteiger partial charge in [-0.3, -0.25) is 14.4 Å². The Balaban J connectivity index is 2.43. The summed E-state index contributed by atoms with van der Waals surface area (Å²) in [6, 6.07) is -0.528. The average molecular weight is 287 g/mol. The lowest BCUT2D eigenvalue weighted by molar-refractivity contribution is -0.136. The number of nitrogens with zero attached hydrogens (tertiary/aromatic N) is 1. The molecule has 1 fully saturated rings. The maximum absolute atomic E-state index is 11.9. The topological polar surface area (TPSA) is 92.5 Å². The lowest BCUT2D eigenvalue weighted by Crippen LogP contribution is -2.47. The summed E-state index contributed by atoms with van der Waals surface area (Å²) in [5.74, 6) is -0.745. The van der Waals surface area contributed by atoms with Crippen LogP contribution in [-0.4, -0.2) is 45.8 Å². The van der Waals surface area contributed by atoms with Crippen LogP contribution in [-0.2, 0) is 9.59 Å². The number of hydrogen-bond donors (Lipinski definition) is 2. The van der Waals surface area contributed by atoms with Crippen molar-refractivity contribution >= 4 is 28.8 Å². The first-order valence-electron chi connectivity index (χ1n) is 6.26. The quantitative estimate of drug-likeness (QED) is 0.799. The maximum atomic E-state index is 11.9. The third-order valence-corrected chi connectivity index (χ3v) is 3.63. The minimum absolute atomic E-state index is 0.0916. The zero-order valence-corrected chi connectivity index (χ0v) is 12.4. The highest BCUT2D eigenvalue weighted by Gasteiger charge is 2.32. The van der Waals surface area contributed by atoms with Crippen LogP contribution in [0.1, 0.15) is 33.6 Å². The minimum Gasteiger partial charge on any atom is -0.368 e. The van der Waals surface area contributed by atoms with E-state index in [1.54, 1.807) is 0 Å². The Bertz CT molecular complexity index is 379. The van der Waals surface area contributed by atoms with Crippen LogP contribution in [0.25, 0.3) is 0 Å². The van der Waals surface area contributed by atoms with Gasteiger partial charge in [0.1, 0.15) is 6.04 Å². The summed E-state index contributed by atoms with van der Waals surface area (Å²) in [4.78, 5) is 36.1. The predicted molar refractivity (Wildman–Crippen MR) is 74.7 cm³/mol. The first-order valence-corrected chi connectivity index (χ1v) is 7.08. The standard InChI is InChI=1S/C12H21N3O3S/c1-12(2,3)19-11(18)14-7-9(16)15-6-4-5-8(15)10(13)17/h8H,4-7H2,1-3H3,(H2,13,17)(H,14,18). The van der Waals surface area contributed by atoms with E-state index >= 15 is 0 Å². The van der Waals surface area contributed by atoms with Gasteiger partial charge in [0.2, 0.25) is 11.8 Å². The van der Waals surface area contributed by atoms with Crippen molar-refractivity contribution in [1.29, 1.82) is 0 Å². The van der Waals surface area contributed by atoms with Crippen molar-refractivity contribution < 1.29 is 14.4 Å². The number of likely N-dealkylation sites (tertiary alicyclic amines) is 1. The van der Waals surface area contributed by atoms with Gasteiger partial charge in [-0.1, -0.05) is 32.5 Å². The zero-order valence-electron chi connectivity index (χ0n) is 11.6. The highest BCUT2D eigenvalue weighted by atomic mass is 32.2. The number of carbonyl (C=O) groups is 3. The SMILES string of the molecule is CC(C)(C)SC(=O)NCC(=O)N1CCCC1C(N)=O. The van der Waals surface area contributed by atoms with Gasteiger partial charge in [-0.25, -0.2) is 0 Å². The molecule has 1 rings (SSSR count). The first kappa shape index (κ1) is 15.8. The summed E-state index contributed by atoms with van der Waals surface area (Å²) < 4.78 is -0.198. The van der Waals surface area contributed by atoms with Gasteiger partial charge in [-0.2, -0.15) is 0 Å². The van der Waals surface area contributed by atoms with E-state index < -0.39 is 11.9 Å². The van der Waals surface area contributed by atoms with Gasteiger partial charge in [-0.05, 0) is 12.8 Å². The number of amides is 3.